The van der Waals surface area contributed by atoms with Crippen LogP contribution in [0.2, 0.25) is 0 Å². The highest BCUT2D eigenvalue weighted by Gasteiger charge is 2.46. The van der Waals surface area contributed by atoms with E-state index in [0.29, 0.717) is 49.1 Å². The first kappa shape index (κ1) is 20.4. The molecule has 0 amide bonds. The highest BCUT2D eigenvalue weighted by Crippen LogP contribution is 2.47. The molecule has 2 aliphatic rings. The largest absolute Gasteiger partial charge is 0.375 e. The van der Waals surface area contributed by atoms with Crippen molar-refractivity contribution < 1.29 is 22.1 Å². The van der Waals surface area contributed by atoms with Gasteiger partial charge in [-0.2, -0.15) is 9.29 Å². The zero-order valence-corrected chi connectivity index (χ0v) is 17.5. The van der Waals surface area contributed by atoms with Crippen LogP contribution in [0.15, 0.2) is 27.6 Å². The van der Waals surface area contributed by atoms with E-state index in [2.05, 4.69) is 10.1 Å². The van der Waals surface area contributed by atoms with E-state index in [9.17, 15) is 12.8 Å². The number of halogens is 1. The van der Waals surface area contributed by atoms with E-state index in [1.165, 1.54) is 29.3 Å². The standard InChI is InChI=1S/C20H26FN3O4S/c1-14-3-6-16(21)11-17(14)29(25,26)24-9-7-20(8-10-24,12-15-4-5-15)19-22-18(13-27-2)28-23-19/h3,6,11,15H,4-5,7-10,12-13H2,1-2H3. The van der Waals surface area contributed by atoms with Gasteiger partial charge in [0, 0.05) is 25.6 Å². The van der Waals surface area contributed by atoms with E-state index in [4.69, 9.17) is 9.26 Å². The summed E-state index contributed by atoms with van der Waals surface area (Å²) < 4.78 is 51.8. The number of benzene rings is 1. The predicted molar refractivity (Wildman–Crippen MR) is 103 cm³/mol. The number of methoxy groups -OCH3 is 1. The Labute approximate surface area is 170 Å². The second-order valence-electron chi connectivity index (χ2n) is 8.19. The maximum atomic E-state index is 13.7. The van der Waals surface area contributed by atoms with Crippen LogP contribution < -0.4 is 0 Å². The van der Waals surface area contributed by atoms with Gasteiger partial charge in [0.15, 0.2) is 5.82 Å². The maximum absolute atomic E-state index is 13.7. The molecule has 1 aliphatic heterocycles. The van der Waals surface area contributed by atoms with Crippen LogP contribution >= 0.6 is 0 Å². The van der Waals surface area contributed by atoms with Gasteiger partial charge in [-0.25, -0.2) is 12.8 Å². The molecule has 1 aliphatic carbocycles. The molecular formula is C20H26FN3O4S. The summed E-state index contributed by atoms with van der Waals surface area (Å²) in [6, 6.07) is 3.88. The van der Waals surface area contributed by atoms with E-state index in [1.807, 2.05) is 0 Å². The molecule has 2 fully saturated rings. The molecule has 0 bridgehead atoms. The summed E-state index contributed by atoms with van der Waals surface area (Å²) >= 11 is 0. The highest BCUT2D eigenvalue weighted by molar-refractivity contribution is 7.89. The zero-order chi connectivity index (χ0) is 20.6. The van der Waals surface area contributed by atoms with Crippen molar-refractivity contribution in [3.05, 3.63) is 41.3 Å². The van der Waals surface area contributed by atoms with Crippen molar-refractivity contribution in [2.75, 3.05) is 20.2 Å². The van der Waals surface area contributed by atoms with Gasteiger partial charge in [0.1, 0.15) is 12.4 Å². The smallest absolute Gasteiger partial charge is 0.252 e. The molecule has 158 valence electrons. The molecular weight excluding hydrogens is 397 g/mol. The van der Waals surface area contributed by atoms with Crippen molar-refractivity contribution in [3.63, 3.8) is 0 Å². The molecule has 7 nitrogen and oxygen atoms in total. The fourth-order valence-corrected chi connectivity index (χ4v) is 5.87. The number of aryl methyl sites for hydroxylation is 1. The summed E-state index contributed by atoms with van der Waals surface area (Å²) in [4.78, 5) is 4.56. The lowest BCUT2D eigenvalue weighted by Crippen LogP contribution is -2.46. The van der Waals surface area contributed by atoms with Crippen LogP contribution in [0.25, 0.3) is 0 Å². The average molecular weight is 424 g/mol. The molecule has 1 aromatic carbocycles. The third-order valence-electron chi connectivity index (χ3n) is 6.03. The van der Waals surface area contributed by atoms with Gasteiger partial charge in [-0.15, -0.1) is 0 Å². The zero-order valence-electron chi connectivity index (χ0n) is 16.7. The van der Waals surface area contributed by atoms with Crippen LogP contribution in [-0.4, -0.2) is 43.1 Å². The highest BCUT2D eigenvalue weighted by atomic mass is 32.2. The van der Waals surface area contributed by atoms with Gasteiger partial charge >= 0.3 is 0 Å². The Morgan fingerprint density at radius 2 is 2.03 bits per heavy atom. The van der Waals surface area contributed by atoms with E-state index < -0.39 is 15.8 Å². The fraction of sp³-hybridized carbons (Fsp3) is 0.600. The number of hydrogen-bond donors (Lipinski definition) is 0. The molecule has 4 rings (SSSR count). The molecule has 0 radical (unpaired) electrons. The third-order valence-corrected chi connectivity index (χ3v) is 8.07. The summed E-state index contributed by atoms with van der Waals surface area (Å²) in [5, 5.41) is 4.20. The molecule has 29 heavy (non-hydrogen) atoms. The lowest BCUT2D eigenvalue weighted by atomic mass is 9.74. The summed E-state index contributed by atoms with van der Waals surface area (Å²) in [5.41, 5.74) is 0.253. The molecule has 1 aromatic heterocycles. The van der Waals surface area contributed by atoms with E-state index >= 15 is 0 Å². The van der Waals surface area contributed by atoms with Crippen LogP contribution in [0.1, 0.15) is 49.4 Å². The SMILES string of the molecule is COCc1nc(C2(CC3CC3)CCN(S(=O)(=O)c3cc(F)ccc3C)CC2)no1. The maximum Gasteiger partial charge on any atom is 0.252 e. The van der Waals surface area contributed by atoms with Crippen LogP contribution in [0.4, 0.5) is 4.39 Å². The summed E-state index contributed by atoms with van der Waals surface area (Å²) in [6.45, 7) is 2.63. The Kier molecular flexibility index (Phi) is 5.48. The molecule has 2 heterocycles. The van der Waals surface area contributed by atoms with Crippen molar-refractivity contribution in [2.45, 2.75) is 55.9 Å². The Morgan fingerprint density at radius 3 is 2.69 bits per heavy atom. The second-order valence-corrected chi connectivity index (χ2v) is 10.1. The molecule has 9 heteroatoms. The number of aromatic nitrogens is 2. The number of nitrogens with zero attached hydrogens (tertiary/aromatic N) is 3. The number of piperidine rings is 1. The molecule has 0 spiro atoms. The first-order valence-corrected chi connectivity index (χ1v) is 11.4. The van der Waals surface area contributed by atoms with Gasteiger partial charge < -0.3 is 9.26 Å². The fourth-order valence-electron chi connectivity index (χ4n) is 4.19. The number of hydrogen-bond acceptors (Lipinski definition) is 6. The van der Waals surface area contributed by atoms with Crippen LogP contribution in [-0.2, 0) is 26.8 Å². The van der Waals surface area contributed by atoms with Crippen molar-refractivity contribution in [1.82, 2.24) is 14.4 Å². The lowest BCUT2D eigenvalue weighted by Gasteiger charge is -2.39. The summed E-state index contributed by atoms with van der Waals surface area (Å²) in [7, 11) is -2.18. The number of rotatable bonds is 7. The van der Waals surface area contributed by atoms with Crippen LogP contribution in [0.5, 0.6) is 0 Å². The molecule has 0 N–H and O–H groups in total. The van der Waals surface area contributed by atoms with Gasteiger partial charge in [-0.1, -0.05) is 24.1 Å². The minimum Gasteiger partial charge on any atom is -0.375 e. The average Bonchev–Trinajstić information content (AvgIpc) is 3.37. The van der Waals surface area contributed by atoms with Crippen LogP contribution in [0, 0.1) is 18.7 Å². The Hall–Kier alpha value is -1.84. The van der Waals surface area contributed by atoms with Gasteiger partial charge in [-0.05, 0) is 49.8 Å². The van der Waals surface area contributed by atoms with E-state index in [1.54, 1.807) is 14.0 Å². The Balaban J connectivity index is 1.57. The minimum absolute atomic E-state index is 0.0362. The minimum atomic E-state index is -3.75. The molecule has 0 atom stereocenters. The lowest BCUT2D eigenvalue weighted by molar-refractivity contribution is 0.151. The number of sulfonamides is 1. The Morgan fingerprint density at radius 1 is 1.31 bits per heavy atom. The Bertz CT molecular complexity index is 979. The van der Waals surface area contributed by atoms with Crippen molar-refractivity contribution in [3.8, 4) is 0 Å². The third kappa shape index (κ3) is 4.08. The first-order valence-electron chi connectivity index (χ1n) is 9.92. The van der Waals surface area contributed by atoms with Gasteiger partial charge in [0.05, 0.1) is 4.90 Å². The predicted octanol–water partition coefficient (Wildman–Crippen LogP) is 3.19. The normalized spacial score (nSPS) is 20.1. The monoisotopic (exact) mass is 423 g/mol. The number of ether oxygens (including phenoxy) is 1. The van der Waals surface area contributed by atoms with Crippen molar-refractivity contribution in [1.29, 1.82) is 0 Å². The van der Waals surface area contributed by atoms with E-state index in [-0.39, 0.29) is 16.9 Å². The molecule has 1 saturated carbocycles. The van der Waals surface area contributed by atoms with Crippen LogP contribution in [0.3, 0.4) is 0 Å². The molecule has 2 aromatic rings. The van der Waals surface area contributed by atoms with Crippen molar-refractivity contribution in [2.24, 2.45) is 5.92 Å². The molecule has 0 unspecified atom stereocenters. The quantitative estimate of drug-likeness (QED) is 0.680. The second kappa shape index (κ2) is 7.77. The van der Waals surface area contributed by atoms with Gasteiger partial charge in [-0.3, -0.25) is 0 Å². The molecule has 1 saturated heterocycles. The summed E-state index contributed by atoms with van der Waals surface area (Å²) in [5.74, 6) is 1.17. The summed E-state index contributed by atoms with van der Waals surface area (Å²) in [6.07, 6.45) is 4.54. The first-order chi connectivity index (χ1) is 13.8. The van der Waals surface area contributed by atoms with E-state index in [0.717, 1.165) is 12.5 Å². The van der Waals surface area contributed by atoms with Gasteiger partial charge in [0.25, 0.3) is 5.89 Å². The van der Waals surface area contributed by atoms with Gasteiger partial charge in [0.2, 0.25) is 10.0 Å². The van der Waals surface area contributed by atoms with Crippen molar-refractivity contribution >= 4 is 10.0 Å². The topological polar surface area (TPSA) is 85.5 Å².